The van der Waals surface area contributed by atoms with Gasteiger partial charge in [-0.2, -0.15) is 0 Å². The summed E-state index contributed by atoms with van der Waals surface area (Å²) in [5, 5.41) is 2.05. The highest BCUT2D eigenvalue weighted by Crippen LogP contribution is 2.19. The molecule has 1 aliphatic rings. The van der Waals surface area contributed by atoms with E-state index in [0.29, 0.717) is 13.1 Å². The fourth-order valence-electron chi connectivity index (χ4n) is 2.65. The maximum Gasteiger partial charge on any atom is 0.254 e. The summed E-state index contributed by atoms with van der Waals surface area (Å²) >= 11 is 3.93. The molecule has 5 heteroatoms. The topological polar surface area (TPSA) is 29.5 Å². The van der Waals surface area contributed by atoms with Crippen molar-refractivity contribution in [2.75, 3.05) is 13.2 Å². The molecule has 3 nitrogen and oxygen atoms in total. The maximum atomic E-state index is 12.9. The van der Waals surface area contributed by atoms with Gasteiger partial charge in [0.25, 0.3) is 5.91 Å². The smallest absolute Gasteiger partial charge is 0.254 e. The predicted octanol–water partition coefficient (Wildman–Crippen LogP) is 4.17. The van der Waals surface area contributed by atoms with E-state index in [1.165, 1.54) is 4.88 Å². The zero-order valence-corrected chi connectivity index (χ0v) is 15.2. The summed E-state index contributed by atoms with van der Waals surface area (Å²) in [7, 11) is 0. The molecule has 1 aromatic heterocycles. The van der Waals surface area contributed by atoms with Crippen LogP contribution in [0.1, 0.15) is 28.1 Å². The molecule has 1 unspecified atom stereocenters. The molecule has 1 amide bonds. The molecule has 1 aromatic carbocycles. The van der Waals surface area contributed by atoms with Crippen LogP contribution in [0.4, 0.5) is 0 Å². The molecule has 0 bridgehead atoms. The first kappa shape index (κ1) is 16.0. The molecule has 0 N–H and O–H groups in total. The Hall–Kier alpha value is -0.920. The molecule has 1 fully saturated rings. The van der Waals surface area contributed by atoms with Crippen LogP contribution in [-0.2, 0) is 11.3 Å². The van der Waals surface area contributed by atoms with Crippen molar-refractivity contribution in [3.63, 3.8) is 0 Å². The van der Waals surface area contributed by atoms with Crippen LogP contribution in [0, 0.1) is 3.57 Å². The Bertz CT molecular complexity index is 623. The minimum absolute atomic E-state index is 0.0856. The lowest BCUT2D eigenvalue weighted by Crippen LogP contribution is -2.36. The van der Waals surface area contributed by atoms with Crippen LogP contribution in [-0.4, -0.2) is 30.1 Å². The number of hydrogen-bond acceptors (Lipinski definition) is 3. The largest absolute Gasteiger partial charge is 0.376 e. The lowest BCUT2D eigenvalue weighted by Gasteiger charge is -2.25. The summed E-state index contributed by atoms with van der Waals surface area (Å²) in [6.45, 7) is 2.14. The molecular formula is C17H18INO2S. The van der Waals surface area contributed by atoms with Crippen LogP contribution in [0.3, 0.4) is 0 Å². The second-order valence-electron chi connectivity index (χ2n) is 5.41. The van der Waals surface area contributed by atoms with Gasteiger partial charge in [0.2, 0.25) is 0 Å². The first-order valence-corrected chi connectivity index (χ1v) is 9.37. The third kappa shape index (κ3) is 4.08. The van der Waals surface area contributed by atoms with Gasteiger partial charge in [-0.15, -0.1) is 11.3 Å². The average molecular weight is 427 g/mol. The Labute approximate surface area is 148 Å². The summed E-state index contributed by atoms with van der Waals surface area (Å²) in [4.78, 5) is 16.0. The Morgan fingerprint density at radius 2 is 2.27 bits per heavy atom. The zero-order chi connectivity index (χ0) is 15.4. The summed E-state index contributed by atoms with van der Waals surface area (Å²) < 4.78 is 6.80. The number of benzene rings is 1. The van der Waals surface area contributed by atoms with Crippen LogP contribution >= 0.6 is 33.9 Å². The van der Waals surface area contributed by atoms with Gasteiger partial charge in [-0.05, 0) is 65.1 Å². The normalized spacial score (nSPS) is 17.6. The molecule has 0 radical (unpaired) electrons. The standard InChI is InChI=1S/C17H18INO2S/c18-14-5-1-4-13(10-14)17(20)19(11-15-6-2-8-21-15)12-16-7-3-9-22-16/h1,3-5,7,9-10,15H,2,6,8,11-12H2. The van der Waals surface area contributed by atoms with E-state index in [4.69, 9.17) is 4.74 Å². The highest BCUT2D eigenvalue weighted by molar-refractivity contribution is 14.1. The molecule has 0 spiro atoms. The monoisotopic (exact) mass is 427 g/mol. The minimum Gasteiger partial charge on any atom is -0.376 e. The van der Waals surface area contributed by atoms with Crippen molar-refractivity contribution in [3.8, 4) is 0 Å². The quantitative estimate of drug-likeness (QED) is 0.671. The number of ether oxygens (including phenoxy) is 1. The van der Waals surface area contributed by atoms with E-state index in [0.717, 1.165) is 28.6 Å². The molecule has 1 saturated heterocycles. The zero-order valence-electron chi connectivity index (χ0n) is 12.2. The van der Waals surface area contributed by atoms with Crippen molar-refractivity contribution in [2.24, 2.45) is 0 Å². The molecule has 22 heavy (non-hydrogen) atoms. The van der Waals surface area contributed by atoms with Gasteiger partial charge in [-0.25, -0.2) is 0 Å². The predicted molar refractivity (Wildman–Crippen MR) is 97.2 cm³/mol. The number of amides is 1. The average Bonchev–Trinajstić information content (AvgIpc) is 3.19. The fraction of sp³-hybridized carbons (Fsp3) is 0.353. The van der Waals surface area contributed by atoms with E-state index in [9.17, 15) is 4.79 Å². The van der Waals surface area contributed by atoms with Gasteiger partial charge in [-0.3, -0.25) is 4.79 Å². The highest BCUT2D eigenvalue weighted by atomic mass is 127. The van der Waals surface area contributed by atoms with E-state index in [1.54, 1.807) is 11.3 Å². The van der Waals surface area contributed by atoms with Gasteiger partial charge < -0.3 is 9.64 Å². The van der Waals surface area contributed by atoms with Gasteiger partial charge >= 0.3 is 0 Å². The van der Waals surface area contributed by atoms with Crippen molar-refractivity contribution in [3.05, 3.63) is 55.8 Å². The number of hydrogen-bond donors (Lipinski definition) is 0. The molecule has 2 aromatic rings. The Kier molecular flexibility index (Phi) is 5.49. The maximum absolute atomic E-state index is 12.9. The van der Waals surface area contributed by atoms with E-state index in [-0.39, 0.29) is 12.0 Å². The second-order valence-corrected chi connectivity index (χ2v) is 7.69. The Balaban J connectivity index is 1.78. The lowest BCUT2D eigenvalue weighted by atomic mass is 10.1. The van der Waals surface area contributed by atoms with Gasteiger partial charge in [0.1, 0.15) is 0 Å². The molecule has 1 atom stereocenters. The number of carbonyl (C=O) groups is 1. The van der Waals surface area contributed by atoms with Crippen molar-refractivity contribution in [1.82, 2.24) is 4.90 Å². The van der Waals surface area contributed by atoms with Crippen LogP contribution in [0.2, 0.25) is 0 Å². The van der Waals surface area contributed by atoms with Crippen molar-refractivity contribution in [2.45, 2.75) is 25.5 Å². The molecule has 116 valence electrons. The Morgan fingerprint density at radius 1 is 1.36 bits per heavy atom. The number of thiophene rings is 1. The summed E-state index contributed by atoms with van der Waals surface area (Å²) in [6, 6.07) is 11.9. The van der Waals surface area contributed by atoms with Crippen LogP contribution in [0.15, 0.2) is 41.8 Å². The number of carbonyl (C=O) groups excluding carboxylic acids is 1. The molecule has 0 aliphatic carbocycles. The molecule has 1 aliphatic heterocycles. The fourth-order valence-corrected chi connectivity index (χ4v) is 3.91. The molecule has 0 saturated carbocycles. The van der Waals surface area contributed by atoms with Gasteiger partial charge in [0.15, 0.2) is 0 Å². The second kappa shape index (κ2) is 7.57. The van der Waals surface area contributed by atoms with E-state index in [1.807, 2.05) is 35.2 Å². The molecule has 2 heterocycles. The van der Waals surface area contributed by atoms with Crippen molar-refractivity contribution in [1.29, 1.82) is 0 Å². The molecular weight excluding hydrogens is 409 g/mol. The van der Waals surface area contributed by atoms with Crippen LogP contribution in [0.5, 0.6) is 0 Å². The lowest BCUT2D eigenvalue weighted by molar-refractivity contribution is 0.0509. The van der Waals surface area contributed by atoms with Gasteiger partial charge in [-0.1, -0.05) is 12.1 Å². The third-order valence-corrected chi connectivity index (χ3v) is 5.27. The first-order chi connectivity index (χ1) is 10.7. The first-order valence-electron chi connectivity index (χ1n) is 7.41. The van der Waals surface area contributed by atoms with E-state index in [2.05, 4.69) is 34.0 Å². The van der Waals surface area contributed by atoms with E-state index >= 15 is 0 Å². The summed E-state index contributed by atoms with van der Waals surface area (Å²) in [5.41, 5.74) is 0.751. The van der Waals surface area contributed by atoms with Crippen LogP contribution < -0.4 is 0 Å². The number of nitrogens with zero attached hydrogens (tertiary/aromatic N) is 1. The number of rotatable bonds is 5. The van der Waals surface area contributed by atoms with E-state index < -0.39 is 0 Å². The summed E-state index contributed by atoms with van der Waals surface area (Å²) in [6.07, 6.45) is 2.31. The van der Waals surface area contributed by atoms with Crippen molar-refractivity contribution >= 4 is 39.8 Å². The van der Waals surface area contributed by atoms with Gasteiger partial charge in [0, 0.05) is 27.2 Å². The highest BCUT2D eigenvalue weighted by Gasteiger charge is 2.24. The third-order valence-electron chi connectivity index (χ3n) is 3.73. The van der Waals surface area contributed by atoms with Crippen LogP contribution in [0.25, 0.3) is 0 Å². The number of halogens is 1. The van der Waals surface area contributed by atoms with Gasteiger partial charge in [0.05, 0.1) is 12.6 Å². The Morgan fingerprint density at radius 3 is 2.95 bits per heavy atom. The molecule has 3 rings (SSSR count). The SMILES string of the molecule is O=C(c1cccc(I)c1)N(Cc1cccs1)CC1CCCO1. The summed E-state index contributed by atoms with van der Waals surface area (Å²) in [5.74, 6) is 0.0856. The van der Waals surface area contributed by atoms with Crippen molar-refractivity contribution < 1.29 is 9.53 Å². The minimum atomic E-state index is 0.0856.